The van der Waals surface area contributed by atoms with Gasteiger partial charge < -0.3 is 0 Å². The zero-order valence-corrected chi connectivity index (χ0v) is 22.1. The third-order valence-electron chi connectivity index (χ3n) is 5.92. The van der Waals surface area contributed by atoms with E-state index in [-0.39, 0.29) is 0 Å². The predicted octanol–water partition coefficient (Wildman–Crippen LogP) is 7.49. The van der Waals surface area contributed by atoms with Gasteiger partial charge in [-0.2, -0.15) is 0 Å². The average Bonchev–Trinajstić information content (AvgIpc) is 3.22. The van der Waals surface area contributed by atoms with Crippen molar-refractivity contribution in [1.29, 1.82) is 0 Å². The standard InChI is InChI=1S/C26H26S2Si2/c1-8-16-12-11-15-19-20(16)22-24(28-19)25(29(2,3)4)21-17-13-9-10-14-18(17)27-23(21)26(22)30(5,6)7/h1,9-15H,2-7H3. The fourth-order valence-corrected chi connectivity index (χ4v) is 13.1. The van der Waals surface area contributed by atoms with Crippen LogP contribution in [0.4, 0.5) is 0 Å². The molecule has 0 bridgehead atoms. The van der Waals surface area contributed by atoms with Gasteiger partial charge in [0.15, 0.2) is 0 Å². The molecule has 0 aliphatic carbocycles. The molecule has 0 N–H and O–H groups in total. The SMILES string of the molecule is C#Cc1cccc2sc3c([Si](C)(C)C)c4c(sc5ccccc54)c([Si](C)(C)C)c3c12. The Hall–Kier alpha value is -1.91. The number of rotatable bonds is 2. The molecule has 0 radical (unpaired) electrons. The van der Waals surface area contributed by atoms with Crippen LogP contribution in [-0.4, -0.2) is 16.1 Å². The normalized spacial score (nSPS) is 13.0. The van der Waals surface area contributed by atoms with Crippen molar-refractivity contribution in [2.24, 2.45) is 0 Å². The summed E-state index contributed by atoms with van der Waals surface area (Å²) in [6.45, 7) is 14.9. The van der Waals surface area contributed by atoms with Crippen LogP contribution in [0.1, 0.15) is 5.56 Å². The quantitative estimate of drug-likeness (QED) is 0.190. The summed E-state index contributed by atoms with van der Waals surface area (Å²) in [5, 5.41) is 8.98. The van der Waals surface area contributed by atoms with E-state index in [1.165, 1.54) is 40.3 Å². The highest BCUT2D eigenvalue weighted by Gasteiger charge is 2.33. The van der Waals surface area contributed by atoms with Crippen LogP contribution in [-0.2, 0) is 0 Å². The van der Waals surface area contributed by atoms with Gasteiger partial charge in [0.1, 0.15) is 0 Å². The van der Waals surface area contributed by atoms with E-state index in [2.05, 4.69) is 87.7 Å². The number of hydrogen-bond donors (Lipinski definition) is 0. The molecule has 5 rings (SSSR count). The van der Waals surface area contributed by atoms with Crippen molar-refractivity contribution in [3.63, 3.8) is 0 Å². The first-order valence-electron chi connectivity index (χ1n) is 10.4. The Labute approximate surface area is 188 Å². The lowest BCUT2D eigenvalue weighted by molar-refractivity contribution is 1.76. The fourth-order valence-electron chi connectivity index (χ4n) is 4.81. The zero-order chi connectivity index (χ0) is 21.4. The van der Waals surface area contributed by atoms with Crippen LogP contribution in [0, 0.1) is 12.3 Å². The maximum Gasteiger partial charge on any atom is 0.0803 e. The molecule has 0 nitrogen and oxygen atoms in total. The van der Waals surface area contributed by atoms with Crippen LogP contribution in [0.15, 0.2) is 42.5 Å². The molecule has 0 amide bonds. The van der Waals surface area contributed by atoms with Gasteiger partial charge in [0.2, 0.25) is 0 Å². The van der Waals surface area contributed by atoms with Crippen molar-refractivity contribution in [2.75, 3.05) is 0 Å². The zero-order valence-electron chi connectivity index (χ0n) is 18.4. The lowest BCUT2D eigenvalue weighted by Gasteiger charge is -2.26. The molecule has 0 saturated heterocycles. The van der Waals surface area contributed by atoms with Crippen molar-refractivity contribution in [2.45, 2.75) is 39.3 Å². The van der Waals surface area contributed by atoms with E-state index >= 15 is 0 Å². The molecule has 150 valence electrons. The monoisotopic (exact) mass is 458 g/mol. The highest BCUT2D eigenvalue weighted by atomic mass is 32.1. The molecule has 0 unspecified atom stereocenters. The van der Waals surface area contributed by atoms with Gasteiger partial charge in [-0.1, -0.05) is 69.5 Å². The van der Waals surface area contributed by atoms with Gasteiger partial charge in [-0.3, -0.25) is 0 Å². The molecule has 0 saturated carbocycles. The van der Waals surface area contributed by atoms with Crippen molar-refractivity contribution in [1.82, 2.24) is 0 Å². The summed E-state index contributed by atoms with van der Waals surface area (Å²) >= 11 is 3.96. The molecule has 0 aliphatic rings. The first-order chi connectivity index (χ1) is 14.1. The Bertz CT molecular complexity index is 1510. The molecule has 3 aromatic carbocycles. The lowest BCUT2D eigenvalue weighted by atomic mass is 10.0. The predicted molar refractivity (Wildman–Crippen MR) is 146 cm³/mol. The molecule has 0 fully saturated rings. The molecule has 2 aromatic heterocycles. The molecule has 4 heteroatoms. The summed E-state index contributed by atoms with van der Waals surface area (Å²) in [5.74, 6) is 3.00. The van der Waals surface area contributed by atoms with Gasteiger partial charge >= 0.3 is 0 Å². The topological polar surface area (TPSA) is 0 Å². The second-order valence-corrected chi connectivity index (χ2v) is 22.3. The van der Waals surface area contributed by atoms with Crippen LogP contribution in [0.3, 0.4) is 0 Å². The van der Waals surface area contributed by atoms with E-state index in [1.807, 2.05) is 22.7 Å². The summed E-state index contributed by atoms with van der Waals surface area (Å²) < 4.78 is 5.76. The van der Waals surface area contributed by atoms with E-state index in [9.17, 15) is 0 Å². The van der Waals surface area contributed by atoms with Gasteiger partial charge in [-0.15, -0.1) is 29.1 Å². The number of hydrogen-bond acceptors (Lipinski definition) is 2. The summed E-state index contributed by atoms with van der Waals surface area (Å²) in [6, 6.07) is 15.5. The van der Waals surface area contributed by atoms with E-state index < -0.39 is 16.1 Å². The Morgan fingerprint density at radius 1 is 0.667 bits per heavy atom. The fraction of sp³-hybridized carbons (Fsp3) is 0.231. The van der Waals surface area contributed by atoms with Gasteiger partial charge in [0, 0.05) is 45.9 Å². The van der Waals surface area contributed by atoms with E-state index in [4.69, 9.17) is 6.42 Å². The first-order valence-corrected chi connectivity index (χ1v) is 19.1. The van der Waals surface area contributed by atoms with Crippen LogP contribution in [0.25, 0.3) is 40.3 Å². The van der Waals surface area contributed by atoms with Crippen molar-refractivity contribution in [3.05, 3.63) is 48.0 Å². The highest BCUT2D eigenvalue weighted by molar-refractivity contribution is 7.31. The molecule has 5 aromatic rings. The summed E-state index contributed by atoms with van der Waals surface area (Å²) in [7, 11) is -3.29. The maximum atomic E-state index is 6.00. The van der Waals surface area contributed by atoms with Crippen LogP contribution in [0.5, 0.6) is 0 Å². The Kier molecular flexibility index (Phi) is 4.37. The number of benzene rings is 3. The Morgan fingerprint density at radius 2 is 1.23 bits per heavy atom. The number of terminal acetylenes is 1. The Balaban J connectivity index is 2.23. The number of thiophene rings is 2. The van der Waals surface area contributed by atoms with Gasteiger partial charge in [-0.05, 0) is 28.6 Å². The van der Waals surface area contributed by atoms with Gasteiger partial charge in [-0.25, -0.2) is 0 Å². The minimum absolute atomic E-state index is 1.04. The van der Waals surface area contributed by atoms with Crippen LogP contribution < -0.4 is 10.4 Å². The molecule has 0 atom stereocenters. The molecule has 30 heavy (non-hydrogen) atoms. The summed E-state index contributed by atoms with van der Waals surface area (Å²) in [5.41, 5.74) is 1.04. The third kappa shape index (κ3) is 2.76. The Morgan fingerprint density at radius 3 is 1.90 bits per heavy atom. The lowest BCUT2D eigenvalue weighted by Crippen LogP contribution is -2.43. The smallest absolute Gasteiger partial charge is 0.0803 e. The largest absolute Gasteiger partial charge is 0.135 e. The molecule has 0 aliphatic heterocycles. The molecular formula is C26H26S2Si2. The van der Waals surface area contributed by atoms with Crippen molar-refractivity contribution >= 4 is 89.5 Å². The van der Waals surface area contributed by atoms with E-state index in [1.54, 1.807) is 10.4 Å². The molecule has 2 heterocycles. The first kappa shape index (κ1) is 20.0. The average molecular weight is 459 g/mol. The summed E-state index contributed by atoms with van der Waals surface area (Å²) in [4.78, 5) is 0. The van der Waals surface area contributed by atoms with E-state index in [0.29, 0.717) is 0 Å². The minimum atomic E-state index is -1.66. The van der Waals surface area contributed by atoms with Gasteiger partial charge in [0.25, 0.3) is 0 Å². The van der Waals surface area contributed by atoms with Crippen molar-refractivity contribution < 1.29 is 0 Å². The third-order valence-corrected chi connectivity index (χ3v) is 12.6. The molecular weight excluding hydrogens is 433 g/mol. The second kappa shape index (κ2) is 6.54. The minimum Gasteiger partial charge on any atom is -0.135 e. The van der Waals surface area contributed by atoms with Crippen LogP contribution in [0.2, 0.25) is 39.3 Å². The summed E-state index contributed by atoms with van der Waals surface area (Å²) in [6.07, 6.45) is 6.00. The highest BCUT2D eigenvalue weighted by Crippen LogP contribution is 2.42. The van der Waals surface area contributed by atoms with Gasteiger partial charge in [0.05, 0.1) is 16.1 Å². The number of fused-ring (bicyclic) bond motifs is 6. The maximum absolute atomic E-state index is 6.00. The van der Waals surface area contributed by atoms with Crippen molar-refractivity contribution in [3.8, 4) is 12.3 Å². The van der Waals surface area contributed by atoms with Crippen LogP contribution >= 0.6 is 22.7 Å². The van der Waals surface area contributed by atoms with E-state index in [0.717, 1.165) is 5.56 Å². The second-order valence-electron chi connectivity index (χ2n) is 10.2. The molecule has 0 spiro atoms.